The fourth-order valence-corrected chi connectivity index (χ4v) is 5.19. The van der Waals surface area contributed by atoms with E-state index < -0.39 is 23.5 Å². The van der Waals surface area contributed by atoms with Gasteiger partial charge >= 0.3 is 11.9 Å². The highest BCUT2D eigenvalue weighted by molar-refractivity contribution is 14.1. The van der Waals surface area contributed by atoms with Gasteiger partial charge in [-0.3, -0.25) is 9.59 Å². The van der Waals surface area contributed by atoms with Gasteiger partial charge < -0.3 is 24.0 Å². The van der Waals surface area contributed by atoms with Crippen molar-refractivity contribution in [3.8, 4) is 0 Å². The zero-order valence-electron chi connectivity index (χ0n) is 25.7. The van der Waals surface area contributed by atoms with Crippen molar-refractivity contribution in [3.05, 3.63) is 88.7 Å². The number of rotatable bonds is 9. The Balaban J connectivity index is 0.000000312. The van der Waals surface area contributed by atoms with E-state index in [-0.39, 0.29) is 53.4 Å². The van der Waals surface area contributed by atoms with Crippen LogP contribution in [-0.4, -0.2) is 66.2 Å². The molecule has 1 atom stereocenters. The smallest absolute Gasteiger partial charge is 0.343 e. The second kappa shape index (κ2) is 16.5. The van der Waals surface area contributed by atoms with Crippen molar-refractivity contribution in [2.75, 3.05) is 33.9 Å². The van der Waals surface area contributed by atoms with Crippen LogP contribution in [0.15, 0.2) is 59.2 Å². The number of nitrogens with zero attached hydrogens (tertiary/aromatic N) is 2. The van der Waals surface area contributed by atoms with Gasteiger partial charge in [-0.2, -0.15) is 0 Å². The third kappa shape index (κ3) is 9.57. The summed E-state index contributed by atoms with van der Waals surface area (Å²) in [6, 6.07) is 9.38. The molecule has 0 aliphatic carbocycles. The molecule has 0 saturated carbocycles. The highest BCUT2D eigenvalue weighted by Gasteiger charge is 2.28. The maximum Gasteiger partial charge on any atom is 0.343 e. The predicted octanol–water partition coefficient (Wildman–Crippen LogP) is 5.98. The van der Waals surface area contributed by atoms with E-state index in [2.05, 4.69) is 22.6 Å². The largest absolute Gasteiger partial charge is 0.462 e. The average molecular weight is 834 g/mol. The van der Waals surface area contributed by atoms with E-state index in [1.54, 1.807) is 40.1 Å². The summed E-state index contributed by atoms with van der Waals surface area (Å²) in [7, 11) is 3.33. The molecule has 2 aromatic carbocycles. The zero-order chi connectivity index (χ0) is 33.4. The highest BCUT2D eigenvalue weighted by atomic mass is 127. The number of aromatic nitrogens is 1. The third-order valence-corrected chi connectivity index (χ3v) is 7.64. The Morgan fingerprint density at radius 1 is 1.00 bits per heavy atom. The Morgan fingerprint density at radius 3 is 2.14 bits per heavy atom. The molecule has 1 unspecified atom stereocenters. The van der Waals surface area contributed by atoms with Gasteiger partial charge in [0.15, 0.2) is 0 Å². The van der Waals surface area contributed by atoms with Crippen molar-refractivity contribution < 1.29 is 33.4 Å². The van der Waals surface area contributed by atoms with E-state index >= 15 is 0 Å². The molecular formula is C32H37FI2N2O7. The monoisotopic (exact) mass is 834 g/mol. The molecule has 1 N–H and O–H groups in total. The third-order valence-electron chi connectivity index (χ3n) is 6.30. The fraction of sp³-hybridized carbons (Fsp3) is 0.375. The number of ketones is 1. The minimum atomic E-state index is -0.760. The van der Waals surface area contributed by atoms with E-state index in [0.29, 0.717) is 14.5 Å². The van der Waals surface area contributed by atoms with Crippen LogP contribution in [-0.2, 0) is 14.3 Å². The highest BCUT2D eigenvalue weighted by Crippen LogP contribution is 2.32. The molecule has 1 heterocycles. The summed E-state index contributed by atoms with van der Waals surface area (Å²) >= 11 is 4.10. The molecule has 0 amide bonds. The van der Waals surface area contributed by atoms with Crippen molar-refractivity contribution in [1.82, 2.24) is 9.47 Å². The van der Waals surface area contributed by atoms with Gasteiger partial charge in [-0.15, -0.1) is 0 Å². The predicted molar refractivity (Wildman–Crippen MR) is 184 cm³/mol. The molecule has 0 spiro atoms. The molecule has 0 saturated heterocycles. The Bertz CT molecular complexity index is 1610. The Morgan fingerprint density at radius 2 is 1.59 bits per heavy atom. The standard InChI is InChI=1S/C18H22INO4.C14H15FINO3/c1-5-24-17(23)13-9-20(15(10-21)18(2,3)4)14-7-6-11(19)8-12(14)16(13)22;1-4-20-14(19)11(8-17(2)3)13(18)10-7-9(16)5-6-12(10)15/h6-9,15,21H,5,10H2,1-4H3;5-8H,4H2,1-3H3/b;11-8-. The summed E-state index contributed by atoms with van der Waals surface area (Å²) in [6.07, 6.45) is 2.85. The molecular weight excluding hydrogens is 797 g/mol. The van der Waals surface area contributed by atoms with Crippen LogP contribution in [0.25, 0.3) is 10.9 Å². The number of fused-ring (bicyclic) bond motifs is 1. The number of benzene rings is 2. The molecule has 0 bridgehead atoms. The first-order valence-electron chi connectivity index (χ1n) is 13.7. The number of Topliss-reactive ketones (excluding diaryl/α,β-unsaturated/α-hetero) is 1. The van der Waals surface area contributed by atoms with Crippen LogP contribution in [0.5, 0.6) is 0 Å². The zero-order valence-corrected chi connectivity index (χ0v) is 30.1. The summed E-state index contributed by atoms with van der Waals surface area (Å²) < 4.78 is 27.0. The summed E-state index contributed by atoms with van der Waals surface area (Å²) in [5.74, 6) is -2.75. The van der Waals surface area contributed by atoms with Gasteiger partial charge in [-0.05, 0) is 101 Å². The molecule has 0 aliphatic rings. The number of hydrogen-bond donors (Lipinski definition) is 1. The van der Waals surface area contributed by atoms with Gasteiger partial charge in [0, 0.05) is 39.0 Å². The van der Waals surface area contributed by atoms with Gasteiger partial charge in [0.1, 0.15) is 17.0 Å². The van der Waals surface area contributed by atoms with Gasteiger partial charge in [0.2, 0.25) is 11.2 Å². The van der Waals surface area contributed by atoms with Gasteiger partial charge in [-0.1, -0.05) is 20.8 Å². The number of esters is 2. The maximum absolute atomic E-state index is 13.7. The first-order valence-corrected chi connectivity index (χ1v) is 15.9. The lowest BCUT2D eigenvalue weighted by molar-refractivity contribution is -0.138. The molecule has 44 heavy (non-hydrogen) atoms. The van der Waals surface area contributed by atoms with Crippen LogP contribution in [0.4, 0.5) is 4.39 Å². The number of hydrogen-bond acceptors (Lipinski definition) is 8. The minimum absolute atomic E-state index is 0.00551. The molecule has 1 aromatic heterocycles. The summed E-state index contributed by atoms with van der Waals surface area (Å²) in [5, 5.41) is 10.4. The van der Waals surface area contributed by atoms with Crippen LogP contribution >= 0.6 is 45.2 Å². The normalized spacial score (nSPS) is 12.2. The second-order valence-corrected chi connectivity index (χ2v) is 13.4. The van der Waals surface area contributed by atoms with Crippen molar-refractivity contribution in [2.45, 2.75) is 40.7 Å². The van der Waals surface area contributed by atoms with Crippen LogP contribution in [0.2, 0.25) is 0 Å². The Kier molecular flexibility index (Phi) is 14.0. The topological polar surface area (TPSA) is 115 Å². The number of carbonyl (C=O) groups excluding carboxylic acids is 3. The Labute approximate surface area is 283 Å². The Hall–Kier alpha value is -2.85. The SMILES string of the molecule is CCOC(=O)/C(=C\N(C)C)C(=O)c1cc(I)ccc1F.CCOC(=O)c1cn(C(CO)C(C)(C)C)c2ccc(I)cc2c1=O. The average Bonchev–Trinajstić information content (AvgIpc) is 2.94. The quantitative estimate of drug-likeness (QED) is 0.0700. The fourth-order valence-electron chi connectivity index (χ4n) is 4.21. The molecule has 9 nitrogen and oxygen atoms in total. The number of aliphatic hydroxyl groups is 1. The van der Waals surface area contributed by atoms with Crippen molar-refractivity contribution >= 4 is 73.8 Å². The number of pyridine rings is 1. The van der Waals surface area contributed by atoms with E-state index in [1.165, 1.54) is 29.4 Å². The van der Waals surface area contributed by atoms with Gasteiger partial charge in [0.05, 0.1) is 36.9 Å². The molecule has 12 heteroatoms. The van der Waals surface area contributed by atoms with E-state index in [1.807, 2.05) is 60.1 Å². The summed E-state index contributed by atoms with van der Waals surface area (Å²) in [4.78, 5) is 50.6. The number of halogens is 3. The molecule has 0 aliphatic heterocycles. The van der Waals surface area contributed by atoms with Gasteiger partial charge in [-0.25, -0.2) is 14.0 Å². The van der Waals surface area contributed by atoms with E-state index in [4.69, 9.17) is 9.47 Å². The number of aliphatic hydroxyl groups excluding tert-OH is 1. The van der Waals surface area contributed by atoms with Crippen molar-refractivity contribution in [1.29, 1.82) is 0 Å². The maximum atomic E-state index is 13.7. The molecule has 0 fully saturated rings. The molecule has 3 aromatic rings. The van der Waals surface area contributed by atoms with Crippen LogP contribution < -0.4 is 5.43 Å². The van der Waals surface area contributed by atoms with Gasteiger partial charge in [0.25, 0.3) is 0 Å². The van der Waals surface area contributed by atoms with Crippen LogP contribution in [0.1, 0.15) is 61.4 Å². The summed E-state index contributed by atoms with van der Waals surface area (Å²) in [6.45, 7) is 9.61. The van der Waals surface area contributed by atoms with E-state index in [9.17, 15) is 28.7 Å². The van der Waals surface area contributed by atoms with Crippen LogP contribution in [0.3, 0.4) is 0 Å². The first-order chi connectivity index (χ1) is 20.6. The second-order valence-electron chi connectivity index (χ2n) is 10.9. The van der Waals surface area contributed by atoms with Crippen molar-refractivity contribution in [2.24, 2.45) is 5.41 Å². The molecule has 238 valence electrons. The lowest BCUT2D eigenvalue weighted by atomic mass is 9.86. The molecule has 3 rings (SSSR count). The minimum Gasteiger partial charge on any atom is -0.462 e. The lowest BCUT2D eigenvalue weighted by Crippen LogP contribution is -2.30. The summed E-state index contributed by atoms with van der Waals surface area (Å²) in [5.41, 5.74) is -0.248. The number of ether oxygens (including phenoxy) is 2. The molecule has 0 radical (unpaired) electrons. The van der Waals surface area contributed by atoms with Crippen LogP contribution in [0, 0.1) is 18.4 Å². The van der Waals surface area contributed by atoms with E-state index in [0.717, 1.165) is 3.57 Å². The van der Waals surface area contributed by atoms with Crippen molar-refractivity contribution in [3.63, 3.8) is 0 Å². The lowest BCUT2D eigenvalue weighted by Gasteiger charge is -2.32. The first kappa shape index (κ1) is 37.3. The number of carbonyl (C=O) groups is 3.